The van der Waals surface area contributed by atoms with E-state index in [1.54, 1.807) is 24.3 Å². The van der Waals surface area contributed by atoms with Crippen molar-refractivity contribution in [1.82, 2.24) is 9.55 Å². The van der Waals surface area contributed by atoms with Crippen LogP contribution in [0.5, 0.6) is 11.5 Å². The number of aliphatic carboxylic acids is 1. The number of nitrogens with zero attached hydrogens (tertiary/aromatic N) is 2. The number of benzene rings is 2. The highest BCUT2D eigenvalue weighted by molar-refractivity contribution is 5.78. The fourth-order valence-electron chi connectivity index (χ4n) is 2.91. The van der Waals surface area contributed by atoms with E-state index in [9.17, 15) is 23.2 Å². The summed E-state index contributed by atoms with van der Waals surface area (Å²) in [7, 11) is 0. The lowest BCUT2D eigenvalue weighted by Gasteiger charge is -2.08. The van der Waals surface area contributed by atoms with E-state index in [0.717, 1.165) is 18.2 Å². The third-order valence-electron chi connectivity index (χ3n) is 4.27. The second kappa shape index (κ2) is 7.82. The average molecular weight is 426 g/mol. The number of halogens is 2. The summed E-state index contributed by atoms with van der Waals surface area (Å²) in [4.78, 5) is 39.1. The molecular formula is C21H12F2N2O6. The number of ether oxygens (including phenoxy) is 1. The molecule has 0 saturated heterocycles. The molecule has 4 rings (SSSR count). The lowest BCUT2D eigenvalue weighted by molar-refractivity contribution is -0.137. The highest BCUT2D eigenvalue weighted by Crippen LogP contribution is 2.27. The molecule has 0 unspecified atom stereocenters. The molecule has 0 aliphatic heterocycles. The number of fused-ring (bicyclic) bond motifs is 1. The van der Waals surface area contributed by atoms with Crippen molar-refractivity contribution in [2.45, 2.75) is 6.54 Å². The van der Waals surface area contributed by atoms with Crippen molar-refractivity contribution in [3.05, 3.63) is 87.3 Å². The monoisotopic (exact) mass is 426 g/mol. The predicted octanol–water partition coefficient (Wildman–Crippen LogP) is 3.17. The summed E-state index contributed by atoms with van der Waals surface area (Å²) in [6.07, 6.45) is 1.37. The van der Waals surface area contributed by atoms with Gasteiger partial charge in [0.25, 0.3) is 5.56 Å². The molecule has 31 heavy (non-hydrogen) atoms. The fraction of sp³-hybridized carbons (Fsp3) is 0.0476. The van der Waals surface area contributed by atoms with Crippen molar-refractivity contribution in [2.75, 3.05) is 0 Å². The Hall–Kier alpha value is -4.34. The number of carboxylic acid groups (broad SMARTS) is 1. The molecule has 1 N–H and O–H groups in total. The van der Waals surface area contributed by atoms with Crippen LogP contribution >= 0.6 is 0 Å². The Labute approximate surface area is 171 Å². The maximum atomic E-state index is 13.3. The minimum absolute atomic E-state index is 0.00274. The summed E-state index contributed by atoms with van der Waals surface area (Å²) in [6.45, 7) is -0.836. The van der Waals surface area contributed by atoms with Gasteiger partial charge in [-0.15, -0.1) is 0 Å². The van der Waals surface area contributed by atoms with E-state index >= 15 is 0 Å². The highest BCUT2D eigenvalue weighted by Gasteiger charge is 2.14. The average Bonchev–Trinajstić information content (AvgIpc) is 2.70. The number of pyridine rings is 1. The van der Waals surface area contributed by atoms with E-state index in [4.69, 9.17) is 14.3 Å². The summed E-state index contributed by atoms with van der Waals surface area (Å²) in [5, 5.41) is 8.82. The Morgan fingerprint density at radius 2 is 1.68 bits per heavy atom. The zero-order chi connectivity index (χ0) is 22.1. The van der Waals surface area contributed by atoms with Crippen LogP contribution in [0.15, 0.2) is 68.7 Å². The smallest absolute Gasteiger partial charge is 0.422 e. The third-order valence-corrected chi connectivity index (χ3v) is 4.27. The lowest BCUT2D eigenvalue weighted by atomic mass is 10.1. The van der Waals surface area contributed by atoms with Crippen molar-refractivity contribution in [2.24, 2.45) is 0 Å². The van der Waals surface area contributed by atoms with Crippen LogP contribution in [0.25, 0.3) is 22.2 Å². The van der Waals surface area contributed by atoms with Crippen molar-refractivity contribution >= 4 is 17.1 Å². The van der Waals surface area contributed by atoms with Crippen LogP contribution < -0.4 is 16.1 Å². The molecule has 156 valence electrons. The van der Waals surface area contributed by atoms with Gasteiger partial charge >= 0.3 is 11.7 Å². The topological polar surface area (TPSA) is 112 Å². The quantitative estimate of drug-likeness (QED) is 0.522. The zero-order valence-corrected chi connectivity index (χ0v) is 15.5. The first-order valence-corrected chi connectivity index (χ1v) is 8.80. The molecule has 0 aliphatic rings. The van der Waals surface area contributed by atoms with E-state index in [1.165, 1.54) is 12.3 Å². The molecule has 0 spiro atoms. The van der Waals surface area contributed by atoms with Gasteiger partial charge in [0.05, 0.1) is 0 Å². The molecular weight excluding hydrogens is 414 g/mol. The molecule has 0 aliphatic carbocycles. The van der Waals surface area contributed by atoms with Crippen LogP contribution in [0.2, 0.25) is 0 Å². The minimum atomic E-state index is -1.37. The molecule has 2 aromatic carbocycles. The highest BCUT2D eigenvalue weighted by atomic mass is 19.1. The first kappa shape index (κ1) is 20.0. The Morgan fingerprint density at radius 1 is 1.00 bits per heavy atom. The molecule has 4 aromatic rings. The van der Waals surface area contributed by atoms with Gasteiger partial charge in [-0.25, -0.2) is 23.1 Å². The van der Waals surface area contributed by atoms with Crippen molar-refractivity contribution < 1.29 is 27.8 Å². The predicted molar refractivity (Wildman–Crippen MR) is 104 cm³/mol. The molecule has 10 heteroatoms. The Balaban J connectivity index is 1.65. The normalized spacial score (nSPS) is 10.9. The van der Waals surface area contributed by atoms with Crippen LogP contribution in [0.4, 0.5) is 8.78 Å². The second-order valence-electron chi connectivity index (χ2n) is 6.46. The van der Waals surface area contributed by atoms with Crippen LogP contribution in [0.1, 0.15) is 0 Å². The maximum absolute atomic E-state index is 13.3. The lowest BCUT2D eigenvalue weighted by Crippen LogP contribution is -2.35. The van der Waals surface area contributed by atoms with E-state index in [1.807, 2.05) is 0 Å². The Morgan fingerprint density at radius 3 is 2.32 bits per heavy atom. The maximum Gasteiger partial charge on any atom is 0.422 e. The second-order valence-corrected chi connectivity index (χ2v) is 6.46. The number of carbonyl (C=O) groups is 1. The van der Waals surface area contributed by atoms with E-state index in [2.05, 4.69) is 4.98 Å². The standard InChI is InChI=1S/C21H12F2N2O6/c22-13-6-14(23)8-16(7-13)30-15-3-1-11(2-4-15)12-5-17-19(24-9-12)20(28)25(10-18(26)27)21(29)31-17/h1-9H,10H2,(H,26,27). The summed E-state index contributed by atoms with van der Waals surface area (Å²) in [6, 6.07) is 10.6. The van der Waals surface area contributed by atoms with E-state index in [0.29, 0.717) is 21.4 Å². The zero-order valence-electron chi connectivity index (χ0n) is 15.5. The molecule has 0 radical (unpaired) electrons. The van der Waals surface area contributed by atoms with Crippen molar-refractivity contribution in [1.29, 1.82) is 0 Å². The van der Waals surface area contributed by atoms with Crippen LogP contribution in [-0.2, 0) is 11.3 Å². The van der Waals surface area contributed by atoms with Gasteiger partial charge in [0.15, 0.2) is 11.1 Å². The SMILES string of the molecule is O=C(O)Cn1c(=O)oc2cc(-c3ccc(Oc4cc(F)cc(F)c4)cc3)cnc2c1=O. The molecule has 0 saturated carbocycles. The number of hydrogen-bond acceptors (Lipinski definition) is 6. The van der Waals surface area contributed by atoms with E-state index < -0.39 is 35.5 Å². The number of aromatic nitrogens is 2. The number of carboxylic acids is 1. The van der Waals surface area contributed by atoms with Gasteiger partial charge in [0.1, 0.15) is 29.7 Å². The number of rotatable bonds is 5. The largest absolute Gasteiger partial charge is 0.480 e. The Kier molecular flexibility index (Phi) is 5.04. The van der Waals surface area contributed by atoms with Crippen LogP contribution in [0.3, 0.4) is 0 Å². The van der Waals surface area contributed by atoms with Gasteiger partial charge in [0.2, 0.25) is 0 Å². The van der Waals surface area contributed by atoms with Crippen LogP contribution in [0, 0.1) is 11.6 Å². The van der Waals surface area contributed by atoms with Crippen LogP contribution in [-0.4, -0.2) is 20.6 Å². The molecule has 0 atom stereocenters. The van der Waals surface area contributed by atoms with Gasteiger partial charge in [-0.2, -0.15) is 0 Å². The first-order valence-electron chi connectivity index (χ1n) is 8.80. The molecule has 0 amide bonds. The minimum Gasteiger partial charge on any atom is -0.480 e. The summed E-state index contributed by atoms with van der Waals surface area (Å²) < 4.78 is 37.5. The van der Waals surface area contributed by atoms with Gasteiger partial charge in [0, 0.05) is 30.0 Å². The van der Waals surface area contributed by atoms with Crippen molar-refractivity contribution in [3.63, 3.8) is 0 Å². The van der Waals surface area contributed by atoms with Crippen molar-refractivity contribution in [3.8, 4) is 22.6 Å². The summed E-state index contributed by atoms with van der Waals surface area (Å²) >= 11 is 0. The Bertz CT molecular complexity index is 1410. The molecule has 2 aromatic heterocycles. The molecule has 0 bridgehead atoms. The summed E-state index contributed by atoms with van der Waals surface area (Å²) in [5.74, 6) is -3.68. The number of hydrogen-bond donors (Lipinski definition) is 1. The summed E-state index contributed by atoms with van der Waals surface area (Å²) in [5.41, 5.74) is -0.00687. The molecule has 8 nitrogen and oxygen atoms in total. The van der Waals surface area contributed by atoms with E-state index in [-0.39, 0.29) is 16.8 Å². The van der Waals surface area contributed by atoms with Gasteiger partial charge in [-0.05, 0) is 23.8 Å². The van der Waals surface area contributed by atoms with Gasteiger partial charge in [-0.3, -0.25) is 9.59 Å². The fourth-order valence-corrected chi connectivity index (χ4v) is 2.91. The molecule has 2 heterocycles. The van der Waals surface area contributed by atoms with Gasteiger partial charge < -0.3 is 14.3 Å². The van der Waals surface area contributed by atoms with Gasteiger partial charge in [-0.1, -0.05) is 12.1 Å². The third kappa shape index (κ3) is 4.17. The molecule has 0 fully saturated rings. The first-order chi connectivity index (χ1) is 14.8.